The van der Waals surface area contributed by atoms with E-state index in [1.807, 2.05) is 30.3 Å². The average molecular weight is 343 g/mol. The van der Waals surface area contributed by atoms with Crippen LogP contribution >= 0.6 is 15.9 Å². The van der Waals surface area contributed by atoms with Crippen LogP contribution in [0.5, 0.6) is 0 Å². The molecule has 0 aliphatic heterocycles. The summed E-state index contributed by atoms with van der Waals surface area (Å²) in [5, 5.41) is 19.9. The maximum absolute atomic E-state index is 7.43. The topological polar surface area (TPSA) is 93.5 Å². The second-order valence-electron chi connectivity index (χ2n) is 4.35. The summed E-state index contributed by atoms with van der Waals surface area (Å²) in [5.74, 6) is 0.567. The molecule has 3 rings (SSSR count). The zero-order chi connectivity index (χ0) is 14.8. The van der Waals surface area contributed by atoms with Crippen molar-refractivity contribution in [2.75, 3.05) is 0 Å². The lowest BCUT2D eigenvalue weighted by atomic mass is 10.2. The zero-order valence-electron chi connectivity index (χ0n) is 10.9. The minimum absolute atomic E-state index is 0.0128. The van der Waals surface area contributed by atoms with Crippen LogP contribution in [-0.2, 0) is 0 Å². The Morgan fingerprint density at radius 3 is 2.57 bits per heavy atom. The van der Waals surface area contributed by atoms with Crippen molar-refractivity contribution in [1.82, 2.24) is 20.2 Å². The molecule has 2 aromatic carbocycles. The summed E-state index contributed by atoms with van der Waals surface area (Å²) in [6.07, 6.45) is 0. The van der Waals surface area contributed by atoms with E-state index in [1.165, 1.54) is 4.80 Å². The van der Waals surface area contributed by atoms with E-state index in [-0.39, 0.29) is 5.84 Å². The first kappa shape index (κ1) is 13.4. The molecule has 3 aromatic rings. The SMILES string of the molecule is N=C(N)c1ccc(-n2nnc(-c3ccccc3)n2)c(Br)c1. The van der Waals surface area contributed by atoms with Gasteiger partial charge in [-0.15, -0.1) is 15.0 Å². The number of nitrogens with one attached hydrogen (secondary N) is 1. The summed E-state index contributed by atoms with van der Waals surface area (Å²) in [6.45, 7) is 0. The number of hydrogen-bond donors (Lipinski definition) is 2. The minimum Gasteiger partial charge on any atom is -0.384 e. The molecule has 0 fully saturated rings. The predicted octanol–water partition coefficient (Wildman–Crippen LogP) is 2.38. The molecule has 21 heavy (non-hydrogen) atoms. The number of nitrogen functional groups attached to an aromatic ring is 1. The minimum atomic E-state index is 0.0128. The lowest BCUT2D eigenvalue weighted by Crippen LogP contribution is -2.11. The van der Waals surface area contributed by atoms with Crippen LogP contribution in [0.2, 0.25) is 0 Å². The number of aromatic nitrogens is 4. The van der Waals surface area contributed by atoms with Crippen LogP contribution in [-0.4, -0.2) is 26.0 Å². The Bertz CT molecular complexity index is 796. The lowest BCUT2D eigenvalue weighted by Gasteiger charge is -2.04. The van der Waals surface area contributed by atoms with Gasteiger partial charge in [-0.3, -0.25) is 5.41 Å². The molecule has 0 bridgehead atoms. The third-order valence-electron chi connectivity index (χ3n) is 2.92. The summed E-state index contributed by atoms with van der Waals surface area (Å²) in [7, 11) is 0. The van der Waals surface area contributed by atoms with Gasteiger partial charge in [0.25, 0.3) is 0 Å². The number of amidine groups is 1. The van der Waals surface area contributed by atoms with E-state index in [1.54, 1.807) is 18.2 Å². The van der Waals surface area contributed by atoms with Gasteiger partial charge < -0.3 is 5.73 Å². The summed E-state index contributed by atoms with van der Waals surface area (Å²) in [6, 6.07) is 14.9. The molecule has 0 radical (unpaired) electrons. The van der Waals surface area contributed by atoms with Crippen LogP contribution < -0.4 is 5.73 Å². The summed E-state index contributed by atoms with van der Waals surface area (Å²) in [5.41, 5.74) is 7.73. The molecule has 0 spiro atoms. The molecular formula is C14H11BrN6. The number of rotatable bonds is 3. The first-order valence-electron chi connectivity index (χ1n) is 6.15. The number of nitrogens with two attached hydrogens (primary N) is 1. The van der Waals surface area contributed by atoms with E-state index in [2.05, 4.69) is 31.3 Å². The van der Waals surface area contributed by atoms with E-state index < -0.39 is 0 Å². The second-order valence-corrected chi connectivity index (χ2v) is 5.20. The Balaban J connectivity index is 1.99. The Kier molecular flexibility index (Phi) is 3.49. The Labute approximate surface area is 129 Å². The summed E-state index contributed by atoms with van der Waals surface area (Å²) in [4.78, 5) is 1.44. The van der Waals surface area contributed by atoms with Crippen LogP contribution in [0, 0.1) is 5.41 Å². The zero-order valence-corrected chi connectivity index (χ0v) is 12.4. The predicted molar refractivity (Wildman–Crippen MR) is 83.3 cm³/mol. The molecule has 0 aliphatic carbocycles. The molecule has 0 atom stereocenters. The molecule has 1 aromatic heterocycles. The highest BCUT2D eigenvalue weighted by molar-refractivity contribution is 9.10. The number of halogens is 1. The van der Waals surface area contributed by atoms with Gasteiger partial charge in [0.2, 0.25) is 5.82 Å². The summed E-state index contributed by atoms with van der Waals surface area (Å²) < 4.78 is 0.743. The average Bonchev–Trinajstić information content (AvgIpc) is 2.97. The van der Waals surface area contributed by atoms with Gasteiger partial charge in [0.15, 0.2) is 0 Å². The van der Waals surface area contributed by atoms with Crippen molar-refractivity contribution < 1.29 is 0 Å². The monoisotopic (exact) mass is 342 g/mol. The molecular weight excluding hydrogens is 332 g/mol. The van der Waals surface area contributed by atoms with E-state index in [0.29, 0.717) is 11.4 Å². The largest absolute Gasteiger partial charge is 0.384 e. The van der Waals surface area contributed by atoms with Crippen molar-refractivity contribution in [3.8, 4) is 17.1 Å². The van der Waals surface area contributed by atoms with Crippen LogP contribution in [0.1, 0.15) is 5.56 Å². The standard InChI is InChI=1S/C14H11BrN6/c15-11-8-10(13(16)17)6-7-12(11)21-19-14(18-20-21)9-4-2-1-3-5-9/h1-8H,(H3,16,17). The van der Waals surface area contributed by atoms with Crippen LogP contribution in [0.4, 0.5) is 0 Å². The first-order valence-corrected chi connectivity index (χ1v) is 6.94. The van der Waals surface area contributed by atoms with Gasteiger partial charge in [0, 0.05) is 15.6 Å². The normalized spacial score (nSPS) is 10.5. The molecule has 1 heterocycles. The highest BCUT2D eigenvalue weighted by Crippen LogP contribution is 2.22. The van der Waals surface area contributed by atoms with Crippen LogP contribution in [0.25, 0.3) is 17.1 Å². The van der Waals surface area contributed by atoms with Crippen molar-refractivity contribution in [2.24, 2.45) is 5.73 Å². The number of hydrogen-bond acceptors (Lipinski definition) is 4. The Hall–Kier alpha value is -2.54. The van der Waals surface area contributed by atoms with E-state index >= 15 is 0 Å². The maximum atomic E-state index is 7.43. The molecule has 0 amide bonds. The lowest BCUT2D eigenvalue weighted by molar-refractivity contribution is 0.717. The highest BCUT2D eigenvalue weighted by atomic mass is 79.9. The smallest absolute Gasteiger partial charge is 0.205 e. The molecule has 0 unspecified atom stereocenters. The Morgan fingerprint density at radius 2 is 1.90 bits per heavy atom. The van der Waals surface area contributed by atoms with E-state index in [0.717, 1.165) is 15.7 Å². The van der Waals surface area contributed by atoms with Gasteiger partial charge in [0.1, 0.15) is 11.5 Å². The van der Waals surface area contributed by atoms with Gasteiger partial charge in [-0.05, 0) is 39.3 Å². The van der Waals surface area contributed by atoms with Crippen molar-refractivity contribution >= 4 is 21.8 Å². The quantitative estimate of drug-likeness (QED) is 0.564. The highest BCUT2D eigenvalue weighted by Gasteiger charge is 2.10. The van der Waals surface area contributed by atoms with Crippen LogP contribution in [0.3, 0.4) is 0 Å². The third-order valence-corrected chi connectivity index (χ3v) is 3.55. The number of benzene rings is 2. The molecule has 0 saturated heterocycles. The Morgan fingerprint density at radius 1 is 1.14 bits per heavy atom. The molecule has 6 nitrogen and oxygen atoms in total. The molecule has 104 valence electrons. The first-order chi connectivity index (χ1) is 10.1. The van der Waals surface area contributed by atoms with E-state index in [9.17, 15) is 0 Å². The fourth-order valence-corrected chi connectivity index (χ4v) is 2.39. The molecule has 0 aliphatic rings. The maximum Gasteiger partial charge on any atom is 0.205 e. The van der Waals surface area contributed by atoms with Crippen molar-refractivity contribution in [1.29, 1.82) is 5.41 Å². The van der Waals surface area contributed by atoms with Gasteiger partial charge in [-0.1, -0.05) is 30.3 Å². The number of nitrogens with zero attached hydrogens (tertiary/aromatic N) is 4. The fraction of sp³-hybridized carbons (Fsp3) is 0. The molecule has 7 heteroatoms. The van der Waals surface area contributed by atoms with Crippen LogP contribution in [0.15, 0.2) is 53.0 Å². The fourth-order valence-electron chi connectivity index (χ4n) is 1.86. The van der Waals surface area contributed by atoms with E-state index in [4.69, 9.17) is 11.1 Å². The molecule has 3 N–H and O–H groups in total. The van der Waals surface area contributed by atoms with Gasteiger partial charge in [-0.2, -0.15) is 0 Å². The van der Waals surface area contributed by atoms with Gasteiger partial charge in [0.05, 0.1) is 0 Å². The van der Waals surface area contributed by atoms with Crippen molar-refractivity contribution in [3.05, 3.63) is 58.6 Å². The van der Waals surface area contributed by atoms with Crippen molar-refractivity contribution in [2.45, 2.75) is 0 Å². The number of tetrazole rings is 1. The second kappa shape index (κ2) is 5.45. The van der Waals surface area contributed by atoms with Gasteiger partial charge in [-0.25, -0.2) is 0 Å². The third kappa shape index (κ3) is 2.68. The molecule has 0 saturated carbocycles. The van der Waals surface area contributed by atoms with Gasteiger partial charge >= 0.3 is 0 Å². The summed E-state index contributed by atoms with van der Waals surface area (Å²) >= 11 is 3.44. The van der Waals surface area contributed by atoms with Crippen molar-refractivity contribution in [3.63, 3.8) is 0 Å².